The number of benzene rings is 2. The lowest BCUT2D eigenvalue weighted by Gasteiger charge is -2.15. The number of aromatic nitrogens is 2. The largest absolute Gasteiger partial charge is 0.490 e. The average molecular weight is 446 g/mol. The van der Waals surface area contributed by atoms with E-state index < -0.39 is 0 Å². The Labute approximate surface area is 185 Å². The Kier molecular flexibility index (Phi) is 7.54. The van der Waals surface area contributed by atoms with Crippen LogP contribution in [0, 0.1) is 4.77 Å². The molecule has 0 fully saturated rings. The predicted molar refractivity (Wildman–Crippen MR) is 122 cm³/mol. The van der Waals surface area contributed by atoms with Gasteiger partial charge in [0.05, 0.1) is 18.2 Å². The predicted octanol–water partition coefficient (Wildman–Crippen LogP) is 6.02. The molecule has 0 aliphatic rings. The topological polar surface area (TPSA) is 68.3 Å². The molecule has 30 heavy (non-hydrogen) atoms. The summed E-state index contributed by atoms with van der Waals surface area (Å²) in [5, 5.41) is 3.24. The van der Waals surface area contributed by atoms with Crippen LogP contribution in [0.2, 0.25) is 5.02 Å². The van der Waals surface area contributed by atoms with Gasteiger partial charge in [0.2, 0.25) is 0 Å². The number of anilines is 1. The number of nitrogens with one attached hydrogen (secondary N) is 2. The fourth-order valence-corrected chi connectivity index (χ4v) is 3.38. The van der Waals surface area contributed by atoms with E-state index in [9.17, 15) is 4.79 Å². The summed E-state index contributed by atoms with van der Waals surface area (Å²) in [4.78, 5) is 15.8. The number of ether oxygens (including phenoxy) is 2. The standard InChI is InChI=1S/C22H24ClN3O3S/c1-3-5-11-29-20-18(23)12-15(13-19(20)28-4-2)21(27)25-16-7-6-8-17(14-16)26-10-9-24-22(26)30/h6-10,12-14H,3-5,11H2,1-2H3,(H,24,30)(H,25,27). The second-order valence-corrected chi connectivity index (χ2v) is 7.35. The molecule has 6 nitrogen and oxygen atoms in total. The number of hydrogen-bond donors (Lipinski definition) is 2. The summed E-state index contributed by atoms with van der Waals surface area (Å²) in [5.74, 6) is 0.624. The highest BCUT2D eigenvalue weighted by Crippen LogP contribution is 2.37. The summed E-state index contributed by atoms with van der Waals surface area (Å²) in [6.45, 7) is 4.93. The van der Waals surface area contributed by atoms with Crippen molar-refractivity contribution >= 4 is 35.4 Å². The van der Waals surface area contributed by atoms with E-state index in [1.165, 1.54) is 0 Å². The van der Waals surface area contributed by atoms with Crippen molar-refractivity contribution in [2.24, 2.45) is 0 Å². The number of carbonyl (C=O) groups is 1. The first kappa shape index (κ1) is 21.9. The molecular formula is C22H24ClN3O3S. The molecule has 0 bridgehead atoms. The zero-order valence-corrected chi connectivity index (χ0v) is 18.5. The van der Waals surface area contributed by atoms with Crippen LogP contribution in [-0.4, -0.2) is 28.7 Å². The maximum Gasteiger partial charge on any atom is 0.255 e. The zero-order valence-electron chi connectivity index (χ0n) is 16.9. The number of unbranched alkanes of at least 4 members (excludes halogenated alkanes) is 1. The van der Waals surface area contributed by atoms with E-state index in [0.29, 0.717) is 45.8 Å². The quantitative estimate of drug-likeness (QED) is 0.312. The molecule has 0 atom stereocenters. The first-order valence-electron chi connectivity index (χ1n) is 9.80. The molecule has 1 amide bonds. The summed E-state index contributed by atoms with van der Waals surface area (Å²) in [5.41, 5.74) is 1.86. The fraction of sp³-hybridized carbons (Fsp3) is 0.273. The van der Waals surface area contributed by atoms with Crippen LogP contribution in [0.3, 0.4) is 0 Å². The highest BCUT2D eigenvalue weighted by molar-refractivity contribution is 7.71. The summed E-state index contributed by atoms with van der Waals surface area (Å²) in [7, 11) is 0. The van der Waals surface area contributed by atoms with Gasteiger partial charge in [-0.3, -0.25) is 9.36 Å². The Morgan fingerprint density at radius 2 is 2.07 bits per heavy atom. The highest BCUT2D eigenvalue weighted by atomic mass is 35.5. The minimum absolute atomic E-state index is 0.298. The molecule has 0 unspecified atom stereocenters. The van der Waals surface area contributed by atoms with Gasteiger partial charge >= 0.3 is 0 Å². The van der Waals surface area contributed by atoms with Crippen molar-refractivity contribution in [3.8, 4) is 17.2 Å². The number of aromatic amines is 1. The summed E-state index contributed by atoms with van der Waals surface area (Å²) >= 11 is 11.7. The van der Waals surface area contributed by atoms with E-state index in [1.54, 1.807) is 18.3 Å². The first-order valence-corrected chi connectivity index (χ1v) is 10.6. The molecule has 2 N–H and O–H groups in total. The van der Waals surface area contributed by atoms with Crippen LogP contribution in [0.15, 0.2) is 48.8 Å². The summed E-state index contributed by atoms with van der Waals surface area (Å²) in [6, 6.07) is 10.7. The lowest BCUT2D eigenvalue weighted by atomic mass is 10.1. The number of nitrogens with zero attached hydrogens (tertiary/aromatic N) is 1. The number of amides is 1. The normalized spacial score (nSPS) is 10.6. The Morgan fingerprint density at radius 3 is 2.77 bits per heavy atom. The summed E-state index contributed by atoms with van der Waals surface area (Å²) in [6.07, 6.45) is 5.50. The van der Waals surface area contributed by atoms with Gasteiger partial charge in [-0.2, -0.15) is 0 Å². The van der Waals surface area contributed by atoms with Crippen LogP contribution >= 0.6 is 23.8 Å². The number of rotatable bonds is 9. The van der Waals surface area contributed by atoms with Gasteiger partial charge in [-0.1, -0.05) is 31.0 Å². The summed E-state index contributed by atoms with van der Waals surface area (Å²) < 4.78 is 13.8. The van der Waals surface area contributed by atoms with Crippen molar-refractivity contribution in [2.75, 3.05) is 18.5 Å². The van der Waals surface area contributed by atoms with Gasteiger partial charge < -0.3 is 19.8 Å². The Balaban J connectivity index is 1.83. The maximum atomic E-state index is 12.9. The molecule has 1 heterocycles. The fourth-order valence-electron chi connectivity index (χ4n) is 2.88. The van der Waals surface area contributed by atoms with Crippen LogP contribution in [0.4, 0.5) is 5.69 Å². The Morgan fingerprint density at radius 1 is 1.23 bits per heavy atom. The van der Waals surface area contributed by atoms with Crippen LogP contribution in [0.25, 0.3) is 5.69 Å². The molecule has 2 aromatic carbocycles. The van der Waals surface area contributed by atoms with Gasteiger partial charge in [-0.25, -0.2) is 0 Å². The molecule has 3 rings (SSSR count). The smallest absolute Gasteiger partial charge is 0.255 e. The van der Waals surface area contributed by atoms with Gasteiger partial charge in [0.1, 0.15) is 0 Å². The minimum Gasteiger partial charge on any atom is -0.490 e. The molecular weight excluding hydrogens is 422 g/mol. The van der Waals surface area contributed by atoms with Crippen molar-refractivity contribution in [1.82, 2.24) is 9.55 Å². The number of H-pyrrole nitrogens is 1. The molecule has 0 saturated heterocycles. The maximum absolute atomic E-state index is 12.9. The molecule has 0 radical (unpaired) electrons. The van der Waals surface area contributed by atoms with E-state index in [-0.39, 0.29) is 5.91 Å². The van der Waals surface area contributed by atoms with Gasteiger partial charge in [0, 0.05) is 29.3 Å². The third kappa shape index (κ3) is 5.23. The van der Waals surface area contributed by atoms with E-state index in [4.69, 9.17) is 33.3 Å². The third-order valence-electron chi connectivity index (χ3n) is 4.35. The zero-order chi connectivity index (χ0) is 21.5. The lowest BCUT2D eigenvalue weighted by Crippen LogP contribution is -2.13. The molecule has 0 aliphatic heterocycles. The lowest BCUT2D eigenvalue weighted by molar-refractivity contribution is 0.102. The van der Waals surface area contributed by atoms with E-state index in [1.807, 2.05) is 42.0 Å². The number of carbonyl (C=O) groups excluding carboxylic acids is 1. The second-order valence-electron chi connectivity index (χ2n) is 6.56. The highest BCUT2D eigenvalue weighted by Gasteiger charge is 2.17. The third-order valence-corrected chi connectivity index (χ3v) is 4.94. The molecule has 158 valence electrons. The van der Waals surface area contributed by atoms with Crippen molar-refractivity contribution in [3.05, 3.63) is 64.1 Å². The van der Waals surface area contributed by atoms with Crippen molar-refractivity contribution < 1.29 is 14.3 Å². The monoisotopic (exact) mass is 445 g/mol. The molecule has 1 aromatic heterocycles. The van der Waals surface area contributed by atoms with Crippen molar-refractivity contribution in [1.29, 1.82) is 0 Å². The van der Waals surface area contributed by atoms with Crippen molar-refractivity contribution in [2.45, 2.75) is 26.7 Å². The average Bonchev–Trinajstić information content (AvgIpc) is 3.16. The second kappa shape index (κ2) is 10.3. The van der Waals surface area contributed by atoms with Crippen LogP contribution in [0.5, 0.6) is 11.5 Å². The van der Waals surface area contributed by atoms with E-state index in [0.717, 1.165) is 18.5 Å². The van der Waals surface area contributed by atoms with Gasteiger partial charge in [0.25, 0.3) is 5.91 Å². The van der Waals surface area contributed by atoms with Gasteiger partial charge in [-0.05, 0) is 55.9 Å². The molecule has 0 saturated carbocycles. The van der Waals surface area contributed by atoms with E-state index >= 15 is 0 Å². The van der Waals surface area contributed by atoms with Crippen molar-refractivity contribution in [3.63, 3.8) is 0 Å². The molecule has 3 aromatic rings. The van der Waals surface area contributed by atoms with Crippen LogP contribution in [0.1, 0.15) is 37.0 Å². The SMILES string of the molecule is CCCCOc1c(Cl)cc(C(=O)Nc2cccc(-n3cc[nH]c3=S)c2)cc1OCC. The van der Waals surface area contributed by atoms with Gasteiger partial charge in [-0.15, -0.1) is 0 Å². The van der Waals surface area contributed by atoms with Crippen LogP contribution in [-0.2, 0) is 0 Å². The van der Waals surface area contributed by atoms with E-state index in [2.05, 4.69) is 17.2 Å². The minimum atomic E-state index is -0.298. The Hall–Kier alpha value is -2.77. The van der Waals surface area contributed by atoms with Crippen LogP contribution < -0.4 is 14.8 Å². The molecule has 0 aliphatic carbocycles. The number of hydrogen-bond acceptors (Lipinski definition) is 4. The number of halogens is 1. The molecule has 8 heteroatoms. The number of imidazole rings is 1. The molecule has 0 spiro atoms. The Bertz CT molecular complexity index is 1080. The van der Waals surface area contributed by atoms with Gasteiger partial charge in [0.15, 0.2) is 16.3 Å². The first-order chi connectivity index (χ1) is 14.5.